The number of hydrogen-bond acceptors (Lipinski definition) is 5. The summed E-state index contributed by atoms with van der Waals surface area (Å²) in [6.45, 7) is 3.22. The van der Waals surface area contributed by atoms with Crippen molar-refractivity contribution >= 4 is 28.5 Å². The van der Waals surface area contributed by atoms with Gasteiger partial charge in [-0.05, 0) is 60.4 Å². The van der Waals surface area contributed by atoms with E-state index < -0.39 is 11.9 Å². The number of para-hydroxylation sites is 1. The molecule has 4 aromatic rings. The van der Waals surface area contributed by atoms with Gasteiger partial charge in [0.2, 0.25) is 0 Å². The number of pyridine rings is 1. The van der Waals surface area contributed by atoms with Crippen molar-refractivity contribution in [3.05, 3.63) is 95.9 Å². The van der Waals surface area contributed by atoms with Crippen molar-refractivity contribution < 1.29 is 18.7 Å². The third-order valence-electron chi connectivity index (χ3n) is 6.61. The van der Waals surface area contributed by atoms with Gasteiger partial charge in [0.05, 0.1) is 17.7 Å². The van der Waals surface area contributed by atoms with E-state index in [2.05, 4.69) is 16.4 Å². The molecule has 0 aliphatic carbocycles. The highest BCUT2D eigenvalue weighted by Crippen LogP contribution is 2.30. The second-order valence-electron chi connectivity index (χ2n) is 9.31. The van der Waals surface area contributed by atoms with Gasteiger partial charge in [-0.15, -0.1) is 0 Å². The van der Waals surface area contributed by atoms with E-state index in [0.717, 1.165) is 28.6 Å². The fraction of sp³-hybridized carbons (Fsp3) is 0.233. The number of halogens is 1. The summed E-state index contributed by atoms with van der Waals surface area (Å²) in [7, 11) is 0. The average Bonchev–Trinajstić information content (AvgIpc) is 3.28. The first-order valence-corrected chi connectivity index (χ1v) is 12.4. The first kappa shape index (κ1) is 24.6. The molecule has 7 heteroatoms. The van der Waals surface area contributed by atoms with E-state index in [-0.39, 0.29) is 11.9 Å². The summed E-state index contributed by atoms with van der Waals surface area (Å²) in [5, 5.41) is 4.61. The Labute approximate surface area is 215 Å². The van der Waals surface area contributed by atoms with E-state index in [0.29, 0.717) is 37.2 Å². The molecule has 37 heavy (non-hydrogen) atoms. The monoisotopic (exact) mass is 497 g/mol. The Balaban J connectivity index is 1.21. The van der Waals surface area contributed by atoms with Crippen LogP contribution in [0.2, 0.25) is 0 Å². The van der Waals surface area contributed by atoms with Crippen molar-refractivity contribution in [3.63, 3.8) is 0 Å². The van der Waals surface area contributed by atoms with E-state index in [4.69, 9.17) is 4.74 Å². The van der Waals surface area contributed by atoms with Crippen LogP contribution < -0.4 is 10.2 Å². The van der Waals surface area contributed by atoms with Gasteiger partial charge in [-0.2, -0.15) is 0 Å². The van der Waals surface area contributed by atoms with Crippen LogP contribution >= 0.6 is 0 Å². The lowest BCUT2D eigenvalue weighted by Gasteiger charge is -2.14. The van der Waals surface area contributed by atoms with Crippen molar-refractivity contribution in [2.24, 2.45) is 0 Å². The molecule has 1 aliphatic rings. The molecule has 1 atom stereocenters. The van der Waals surface area contributed by atoms with Gasteiger partial charge in [-0.25, -0.2) is 9.18 Å². The summed E-state index contributed by atoms with van der Waals surface area (Å²) in [4.78, 5) is 29.3. The van der Waals surface area contributed by atoms with Crippen molar-refractivity contribution in [3.8, 4) is 11.1 Å². The molecule has 3 aromatic carbocycles. The van der Waals surface area contributed by atoms with Crippen molar-refractivity contribution in [2.45, 2.75) is 39.0 Å². The molecule has 1 saturated heterocycles. The van der Waals surface area contributed by atoms with Crippen molar-refractivity contribution in [2.75, 3.05) is 11.4 Å². The van der Waals surface area contributed by atoms with Crippen molar-refractivity contribution in [1.82, 2.24) is 10.3 Å². The molecule has 2 heterocycles. The number of nitrogens with one attached hydrogen (secondary N) is 1. The van der Waals surface area contributed by atoms with Crippen molar-refractivity contribution in [1.29, 1.82) is 0 Å². The Morgan fingerprint density at radius 3 is 2.68 bits per heavy atom. The van der Waals surface area contributed by atoms with E-state index in [1.165, 1.54) is 23.5 Å². The Hall–Kier alpha value is -4.10. The summed E-state index contributed by atoms with van der Waals surface area (Å²) >= 11 is 0. The number of carbonyl (C=O) groups is 2. The molecular formula is C30H28FN3O3. The maximum absolute atomic E-state index is 15.0. The second-order valence-corrected chi connectivity index (χ2v) is 9.31. The molecule has 0 bridgehead atoms. The second kappa shape index (κ2) is 10.9. The quantitative estimate of drug-likeness (QED) is 0.306. The van der Waals surface area contributed by atoms with Gasteiger partial charge >= 0.3 is 6.09 Å². The van der Waals surface area contributed by atoms with E-state index in [1.807, 2.05) is 54.7 Å². The molecule has 0 unspecified atom stereocenters. The minimum atomic E-state index is -0.516. The smallest absolute Gasteiger partial charge is 0.414 e. The van der Waals surface area contributed by atoms with Crippen LogP contribution in [0.1, 0.15) is 30.9 Å². The summed E-state index contributed by atoms with van der Waals surface area (Å²) in [6, 6.07) is 22.6. The molecule has 0 spiro atoms. The molecule has 1 N–H and O–H groups in total. The van der Waals surface area contributed by atoms with Crippen LogP contribution in [0.15, 0.2) is 79.0 Å². The Morgan fingerprint density at radius 1 is 1.08 bits per heavy atom. The van der Waals surface area contributed by atoms with Gasteiger partial charge in [0, 0.05) is 36.7 Å². The number of ketones is 1. The maximum atomic E-state index is 15.0. The minimum Gasteiger partial charge on any atom is -0.444 e. The fourth-order valence-electron chi connectivity index (χ4n) is 4.61. The number of amides is 1. The van der Waals surface area contributed by atoms with Gasteiger partial charge in [-0.3, -0.25) is 9.88 Å². The SMILES string of the molecule is CC(=O)CC[C@H]1CN(c2ccc(-c3ccc(CNCc4ccnc5ccccc45)cc3)c(F)c2)C(=O)O1. The molecular weight excluding hydrogens is 469 g/mol. The third kappa shape index (κ3) is 5.67. The van der Waals surface area contributed by atoms with Gasteiger partial charge in [0.25, 0.3) is 0 Å². The zero-order chi connectivity index (χ0) is 25.8. The number of anilines is 1. The number of nitrogens with zero attached hydrogens (tertiary/aromatic N) is 2. The first-order chi connectivity index (χ1) is 18.0. The first-order valence-electron chi connectivity index (χ1n) is 12.4. The fourth-order valence-corrected chi connectivity index (χ4v) is 4.61. The highest BCUT2D eigenvalue weighted by molar-refractivity contribution is 5.90. The Bertz CT molecular complexity index is 1430. The van der Waals surface area contributed by atoms with Gasteiger partial charge in [0.1, 0.15) is 17.7 Å². The number of ether oxygens (including phenoxy) is 1. The third-order valence-corrected chi connectivity index (χ3v) is 6.61. The van der Waals surface area contributed by atoms with E-state index in [9.17, 15) is 9.59 Å². The number of Topliss-reactive ketones (excluding diaryl/α,β-unsaturated/α-hetero) is 1. The molecule has 1 fully saturated rings. The Kier molecular flexibility index (Phi) is 7.23. The molecule has 1 aliphatic heterocycles. The molecule has 188 valence electrons. The van der Waals surface area contributed by atoms with E-state index >= 15 is 4.39 Å². The van der Waals surface area contributed by atoms with Crippen LogP contribution in [0.25, 0.3) is 22.0 Å². The van der Waals surface area contributed by atoms with Gasteiger partial charge in [-0.1, -0.05) is 42.5 Å². The molecule has 1 aromatic heterocycles. The number of hydrogen-bond donors (Lipinski definition) is 1. The maximum Gasteiger partial charge on any atom is 0.414 e. The van der Waals surface area contributed by atoms with Gasteiger partial charge in [0.15, 0.2) is 0 Å². The number of benzene rings is 3. The number of fused-ring (bicyclic) bond motifs is 1. The highest BCUT2D eigenvalue weighted by atomic mass is 19.1. The number of aromatic nitrogens is 1. The molecule has 6 nitrogen and oxygen atoms in total. The van der Waals surface area contributed by atoms with Crippen LogP contribution in [-0.4, -0.2) is 29.5 Å². The largest absolute Gasteiger partial charge is 0.444 e. The molecule has 5 rings (SSSR count). The summed E-state index contributed by atoms with van der Waals surface area (Å²) in [6.07, 6.45) is 1.77. The predicted molar refractivity (Wildman–Crippen MR) is 142 cm³/mol. The number of rotatable bonds is 9. The van der Waals surface area contributed by atoms with Crippen LogP contribution in [0.3, 0.4) is 0 Å². The topological polar surface area (TPSA) is 71.5 Å². The zero-order valence-corrected chi connectivity index (χ0v) is 20.6. The predicted octanol–water partition coefficient (Wildman–Crippen LogP) is 6.03. The lowest BCUT2D eigenvalue weighted by atomic mass is 10.0. The zero-order valence-electron chi connectivity index (χ0n) is 20.6. The number of carbonyl (C=O) groups excluding carboxylic acids is 2. The summed E-state index contributed by atoms with van der Waals surface area (Å²) in [5.41, 5.74) is 4.94. The molecule has 0 radical (unpaired) electrons. The van der Waals surface area contributed by atoms with Crippen LogP contribution in [0.4, 0.5) is 14.9 Å². The summed E-state index contributed by atoms with van der Waals surface area (Å²) < 4.78 is 20.4. The summed E-state index contributed by atoms with van der Waals surface area (Å²) in [5.74, 6) is -0.359. The number of cyclic esters (lactones) is 1. The normalized spacial score (nSPS) is 15.2. The molecule has 0 saturated carbocycles. The lowest BCUT2D eigenvalue weighted by Crippen LogP contribution is -2.24. The highest BCUT2D eigenvalue weighted by Gasteiger charge is 2.32. The van der Waals surface area contributed by atoms with E-state index in [1.54, 1.807) is 12.1 Å². The van der Waals surface area contributed by atoms with Gasteiger partial charge < -0.3 is 14.8 Å². The Morgan fingerprint density at radius 2 is 1.89 bits per heavy atom. The average molecular weight is 498 g/mol. The lowest BCUT2D eigenvalue weighted by molar-refractivity contribution is -0.117. The van der Waals surface area contributed by atoms with Crippen LogP contribution in [-0.2, 0) is 22.6 Å². The minimum absolute atomic E-state index is 0.0501. The van der Waals surface area contributed by atoms with Crippen LogP contribution in [0.5, 0.6) is 0 Å². The van der Waals surface area contributed by atoms with Crippen LogP contribution in [0, 0.1) is 5.82 Å². The molecule has 1 amide bonds. The standard InChI is InChI=1S/C30H28FN3O3/c1-20(35)6-12-25-19-34(30(36)37-25)24-11-13-26(28(31)16-24)22-9-7-21(8-10-22)17-32-18-23-14-15-33-29-5-3-2-4-27(23)29/h2-5,7-11,13-16,25,32H,6,12,17-19H2,1H3/t25-/m0/s1.